The lowest BCUT2D eigenvalue weighted by atomic mass is 9.92. The number of hydrogen-bond donors (Lipinski definition) is 3. The lowest BCUT2D eigenvalue weighted by Crippen LogP contribution is -2.35. The molecular formula is C30H31N5O6S. The predicted molar refractivity (Wildman–Crippen MR) is 158 cm³/mol. The molecule has 1 aliphatic rings. The Morgan fingerprint density at radius 1 is 1.10 bits per heavy atom. The van der Waals surface area contributed by atoms with Gasteiger partial charge in [0.2, 0.25) is 11.8 Å². The van der Waals surface area contributed by atoms with Crippen LogP contribution >= 0.6 is 11.3 Å². The van der Waals surface area contributed by atoms with Gasteiger partial charge >= 0.3 is 5.69 Å². The summed E-state index contributed by atoms with van der Waals surface area (Å²) in [5.74, 6) is -1.36. The van der Waals surface area contributed by atoms with Crippen molar-refractivity contribution < 1.29 is 24.2 Å². The fourth-order valence-electron chi connectivity index (χ4n) is 5.00. The molecule has 3 N–H and O–H groups in total. The summed E-state index contributed by atoms with van der Waals surface area (Å²) in [6.07, 6.45) is 2.00. The van der Waals surface area contributed by atoms with Crippen molar-refractivity contribution in [3.8, 4) is 22.9 Å². The van der Waals surface area contributed by atoms with E-state index >= 15 is 0 Å². The van der Waals surface area contributed by atoms with Gasteiger partial charge in [0.15, 0.2) is 17.5 Å². The largest absolute Gasteiger partial charge is 0.493 e. The van der Waals surface area contributed by atoms with Crippen molar-refractivity contribution in [2.75, 3.05) is 25.0 Å². The number of hydrogen-bond acceptors (Lipinski definition) is 8. The van der Waals surface area contributed by atoms with Crippen LogP contribution < -0.4 is 15.7 Å². The molecule has 0 unspecified atom stereocenters. The topological polar surface area (TPSA) is 147 Å². The van der Waals surface area contributed by atoms with Crippen LogP contribution in [0.5, 0.6) is 11.6 Å². The number of carbonyl (C=O) groups excluding carboxylic acids is 3. The fourth-order valence-corrected chi connectivity index (χ4v) is 5.75. The average Bonchev–Trinajstić information content (AvgIpc) is 3.75. The Labute approximate surface area is 245 Å². The minimum atomic E-state index is -1.16. The zero-order chi connectivity index (χ0) is 29.8. The number of anilines is 1. The average molecular weight is 590 g/mol. The van der Waals surface area contributed by atoms with Crippen LogP contribution in [0.25, 0.3) is 11.3 Å². The Kier molecular flexibility index (Phi) is 8.53. The highest BCUT2D eigenvalue weighted by Crippen LogP contribution is 2.36. The van der Waals surface area contributed by atoms with E-state index in [1.807, 2.05) is 30.3 Å². The second-order valence-corrected chi connectivity index (χ2v) is 11.0. The van der Waals surface area contributed by atoms with Crippen LogP contribution in [-0.2, 0) is 9.59 Å². The van der Waals surface area contributed by atoms with E-state index in [2.05, 4.69) is 15.3 Å². The van der Waals surface area contributed by atoms with E-state index in [4.69, 9.17) is 4.74 Å². The maximum absolute atomic E-state index is 13.7. The fraction of sp³-hybridized carbons (Fsp3) is 0.300. The highest BCUT2D eigenvalue weighted by atomic mass is 32.1. The SMILES string of the molecule is CC(=O)c1csc(NC(=O)[C@H]([C@@H](C)c2ccccc2)n2c(O)c(-c3ccc(OCC(=O)N4CCCC4)cc3)[nH]c2=O)n1. The number of likely N-dealkylation sites (tertiary alicyclic amines) is 1. The highest BCUT2D eigenvalue weighted by molar-refractivity contribution is 7.14. The predicted octanol–water partition coefficient (Wildman–Crippen LogP) is 4.19. The van der Waals surface area contributed by atoms with Gasteiger partial charge in [-0.2, -0.15) is 0 Å². The Morgan fingerprint density at radius 2 is 1.79 bits per heavy atom. The smallest absolute Gasteiger partial charge is 0.329 e. The van der Waals surface area contributed by atoms with Gasteiger partial charge in [-0.25, -0.2) is 14.3 Å². The molecule has 3 heterocycles. The summed E-state index contributed by atoms with van der Waals surface area (Å²) in [4.78, 5) is 59.5. The second-order valence-electron chi connectivity index (χ2n) is 10.1. The highest BCUT2D eigenvalue weighted by Gasteiger charge is 2.34. The Hall–Kier alpha value is -4.71. The number of H-pyrrole nitrogens is 1. The molecule has 4 aromatic rings. The van der Waals surface area contributed by atoms with Crippen molar-refractivity contribution in [1.82, 2.24) is 19.4 Å². The van der Waals surface area contributed by atoms with Gasteiger partial charge in [-0.05, 0) is 42.7 Å². The zero-order valence-electron chi connectivity index (χ0n) is 23.2. The second kappa shape index (κ2) is 12.4. The summed E-state index contributed by atoms with van der Waals surface area (Å²) in [6, 6.07) is 14.6. The molecule has 0 saturated carbocycles. The van der Waals surface area contributed by atoms with Gasteiger partial charge in [-0.3, -0.25) is 14.4 Å². The number of amides is 2. The van der Waals surface area contributed by atoms with Gasteiger partial charge in [0.25, 0.3) is 5.91 Å². The van der Waals surface area contributed by atoms with Crippen molar-refractivity contribution >= 4 is 34.1 Å². The molecule has 5 rings (SSSR count). The lowest BCUT2D eigenvalue weighted by Gasteiger charge is -2.24. The first-order valence-electron chi connectivity index (χ1n) is 13.6. The summed E-state index contributed by atoms with van der Waals surface area (Å²) < 4.78 is 6.67. The number of nitrogens with one attached hydrogen (secondary N) is 2. The maximum atomic E-state index is 13.7. The first kappa shape index (κ1) is 28.8. The number of ketones is 1. The monoisotopic (exact) mass is 589 g/mol. The van der Waals surface area contributed by atoms with Gasteiger partial charge in [0.05, 0.1) is 0 Å². The van der Waals surface area contributed by atoms with Crippen molar-refractivity contribution in [3.63, 3.8) is 0 Å². The number of aromatic nitrogens is 3. The molecule has 1 saturated heterocycles. The number of rotatable bonds is 10. The van der Waals surface area contributed by atoms with Gasteiger partial charge in [-0.15, -0.1) is 11.3 Å². The number of carbonyl (C=O) groups is 3. The molecule has 2 amide bonds. The number of aromatic hydroxyl groups is 1. The van der Waals surface area contributed by atoms with E-state index in [-0.39, 0.29) is 34.8 Å². The van der Waals surface area contributed by atoms with E-state index in [9.17, 15) is 24.3 Å². The molecule has 1 fully saturated rings. The molecule has 0 aliphatic carbocycles. The Bertz CT molecular complexity index is 1640. The molecule has 2 atom stereocenters. The number of ether oxygens (including phenoxy) is 1. The number of aromatic amines is 1. The van der Waals surface area contributed by atoms with Crippen molar-refractivity contribution in [3.05, 3.63) is 81.7 Å². The van der Waals surface area contributed by atoms with E-state index in [0.29, 0.717) is 11.3 Å². The van der Waals surface area contributed by atoms with Crippen LogP contribution in [0.2, 0.25) is 0 Å². The summed E-state index contributed by atoms with van der Waals surface area (Å²) in [5.41, 5.74) is 0.940. The van der Waals surface area contributed by atoms with Gasteiger partial charge in [-0.1, -0.05) is 37.3 Å². The number of nitrogens with zero attached hydrogens (tertiary/aromatic N) is 3. The molecule has 12 heteroatoms. The van der Waals surface area contributed by atoms with Crippen LogP contribution in [0.15, 0.2) is 64.8 Å². The van der Waals surface area contributed by atoms with Gasteiger partial charge in [0, 0.05) is 36.9 Å². The summed E-state index contributed by atoms with van der Waals surface area (Å²) in [6.45, 7) is 4.59. The molecule has 2 aromatic carbocycles. The van der Waals surface area contributed by atoms with E-state index in [1.165, 1.54) is 6.92 Å². The first-order valence-corrected chi connectivity index (χ1v) is 14.5. The normalized spacial score (nSPS) is 14.4. The Morgan fingerprint density at radius 3 is 2.43 bits per heavy atom. The summed E-state index contributed by atoms with van der Waals surface area (Å²) in [5, 5.41) is 15.8. The van der Waals surface area contributed by atoms with Gasteiger partial charge in [0.1, 0.15) is 23.2 Å². The molecule has 0 radical (unpaired) electrons. The number of Topliss-reactive ketones (excluding diaryl/α,β-unsaturated/α-hetero) is 1. The quantitative estimate of drug-likeness (QED) is 0.235. The minimum Gasteiger partial charge on any atom is -0.493 e. The van der Waals surface area contributed by atoms with Crippen molar-refractivity contribution in [2.24, 2.45) is 0 Å². The molecule has 42 heavy (non-hydrogen) atoms. The number of thiazole rings is 1. The number of benzene rings is 2. The molecule has 11 nitrogen and oxygen atoms in total. The summed E-state index contributed by atoms with van der Waals surface area (Å²) >= 11 is 1.09. The van der Waals surface area contributed by atoms with Crippen LogP contribution in [0.4, 0.5) is 5.13 Å². The zero-order valence-corrected chi connectivity index (χ0v) is 24.0. The number of imidazole rings is 1. The van der Waals surface area contributed by atoms with Crippen LogP contribution in [0, 0.1) is 0 Å². The molecule has 1 aliphatic heterocycles. The first-order chi connectivity index (χ1) is 20.2. The van der Waals surface area contributed by atoms with Crippen LogP contribution in [0.3, 0.4) is 0 Å². The summed E-state index contributed by atoms with van der Waals surface area (Å²) in [7, 11) is 0. The van der Waals surface area contributed by atoms with Crippen molar-refractivity contribution in [1.29, 1.82) is 0 Å². The molecule has 2 aromatic heterocycles. The third-order valence-corrected chi connectivity index (χ3v) is 8.07. The van der Waals surface area contributed by atoms with E-state index < -0.39 is 29.4 Å². The third kappa shape index (κ3) is 6.13. The molecule has 0 spiro atoms. The van der Waals surface area contributed by atoms with E-state index in [1.54, 1.807) is 41.5 Å². The third-order valence-electron chi connectivity index (χ3n) is 7.31. The molecular weight excluding hydrogens is 558 g/mol. The lowest BCUT2D eigenvalue weighted by molar-refractivity contribution is -0.132. The van der Waals surface area contributed by atoms with Crippen molar-refractivity contribution in [2.45, 2.75) is 38.6 Å². The van der Waals surface area contributed by atoms with Crippen LogP contribution in [0.1, 0.15) is 54.7 Å². The minimum absolute atomic E-state index is 0.0669. The van der Waals surface area contributed by atoms with Gasteiger partial charge < -0.3 is 25.0 Å². The maximum Gasteiger partial charge on any atom is 0.329 e. The standard InChI is InChI=1S/C30H31N5O6S/c1-18(20-8-4-3-5-9-20)26(27(38)33-29-31-23(17-42-29)19(2)36)35-28(39)25(32-30(35)40)21-10-12-22(13-11-21)41-16-24(37)34-14-6-7-15-34/h3-5,8-13,17-18,26,39H,6-7,14-16H2,1-2H3,(H,32,40)(H,31,33,38)/t18-,26-/m0/s1. The Balaban J connectivity index is 1.41. The van der Waals surface area contributed by atoms with E-state index in [0.717, 1.165) is 47.4 Å². The molecule has 218 valence electrons. The molecule has 0 bridgehead atoms. The van der Waals surface area contributed by atoms with Crippen LogP contribution in [-0.4, -0.2) is 61.8 Å².